The molecule has 10 heteroatoms. The summed E-state index contributed by atoms with van der Waals surface area (Å²) < 4.78 is 15.8. The number of carbonyl (C=O) groups is 1. The summed E-state index contributed by atoms with van der Waals surface area (Å²) in [5.41, 5.74) is 1.22. The second-order valence-electron chi connectivity index (χ2n) is 8.06. The Balaban J connectivity index is 1.52. The molecule has 7 nitrogen and oxygen atoms in total. The van der Waals surface area contributed by atoms with E-state index in [1.807, 2.05) is 6.92 Å². The minimum Gasteiger partial charge on any atom is -0.348 e. The predicted molar refractivity (Wildman–Crippen MR) is 128 cm³/mol. The molecule has 0 atom stereocenters. The van der Waals surface area contributed by atoms with Crippen LogP contribution in [-0.2, 0) is 11.3 Å². The molecule has 2 aromatic heterocycles. The number of thiazole rings is 1. The molecule has 1 aromatic carbocycles. The number of aromatic nitrogens is 3. The number of amides is 1. The Morgan fingerprint density at radius 3 is 2.75 bits per heavy atom. The first kappa shape index (κ1) is 22.7. The summed E-state index contributed by atoms with van der Waals surface area (Å²) in [6, 6.07) is 4.57. The summed E-state index contributed by atoms with van der Waals surface area (Å²) in [5.74, 6) is 0.0947. The van der Waals surface area contributed by atoms with Gasteiger partial charge in [-0.1, -0.05) is 36.1 Å². The molecule has 1 saturated heterocycles. The molecule has 0 unspecified atom stereocenters. The first-order valence-corrected chi connectivity index (χ1v) is 12.5. The van der Waals surface area contributed by atoms with Crippen LogP contribution in [0.2, 0.25) is 0 Å². The molecule has 0 saturated carbocycles. The van der Waals surface area contributed by atoms with Crippen molar-refractivity contribution in [1.82, 2.24) is 14.5 Å². The van der Waals surface area contributed by atoms with Crippen LogP contribution in [0.1, 0.15) is 32.3 Å². The average molecular weight is 476 g/mol. The van der Waals surface area contributed by atoms with Gasteiger partial charge in [0.05, 0.1) is 5.75 Å². The van der Waals surface area contributed by atoms with Gasteiger partial charge in [0.15, 0.2) is 15.9 Å². The highest BCUT2D eigenvalue weighted by molar-refractivity contribution is 7.99. The number of carbonyl (C=O) groups excluding carboxylic acids is 1. The van der Waals surface area contributed by atoms with E-state index < -0.39 is 0 Å². The SMILES string of the molecule is CCn1c(SCC(=O)Nc2ccc(C)c(F)c2)nc2nc(N3CCC(C)CC3)sc2c1=O. The van der Waals surface area contributed by atoms with Gasteiger partial charge < -0.3 is 10.2 Å². The molecule has 1 fully saturated rings. The molecule has 3 heterocycles. The molecule has 0 bridgehead atoms. The Morgan fingerprint density at radius 1 is 1.31 bits per heavy atom. The fourth-order valence-electron chi connectivity index (χ4n) is 3.60. The maximum atomic E-state index is 13.7. The number of hydrogen-bond acceptors (Lipinski definition) is 7. The smallest absolute Gasteiger partial charge is 0.273 e. The maximum Gasteiger partial charge on any atom is 0.273 e. The molecule has 0 aliphatic carbocycles. The minimum atomic E-state index is -0.370. The molecule has 1 aliphatic heterocycles. The zero-order valence-electron chi connectivity index (χ0n) is 18.4. The van der Waals surface area contributed by atoms with E-state index in [4.69, 9.17) is 0 Å². The van der Waals surface area contributed by atoms with Gasteiger partial charge in [-0.25, -0.2) is 9.37 Å². The summed E-state index contributed by atoms with van der Waals surface area (Å²) in [7, 11) is 0. The van der Waals surface area contributed by atoms with E-state index in [1.54, 1.807) is 23.6 Å². The Morgan fingerprint density at radius 2 is 2.06 bits per heavy atom. The lowest BCUT2D eigenvalue weighted by atomic mass is 10.00. The number of nitrogens with zero attached hydrogens (tertiary/aromatic N) is 4. The quantitative estimate of drug-likeness (QED) is 0.423. The van der Waals surface area contributed by atoms with E-state index in [2.05, 4.69) is 27.1 Å². The molecular formula is C22H26FN5O2S2. The summed E-state index contributed by atoms with van der Waals surface area (Å²) >= 11 is 2.57. The van der Waals surface area contributed by atoms with Crippen LogP contribution in [-0.4, -0.2) is 39.3 Å². The zero-order valence-corrected chi connectivity index (χ0v) is 20.0. The van der Waals surface area contributed by atoms with Crippen molar-refractivity contribution >= 4 is 50.2 Å². The predicted octanol–water partition coefficient (Wildman–Crippen LogP) is 4.29. The second kappa shape index (κ2) is 9.58. The molecule has 32 heavy (non-hydrogen) atoms. The van der Waals surface area contributed by atoms with E-state index in [0.717, 1.165) is 31.1 Å². The lowest BCUT2D eigenvalue weighted by Crippen LogP contribution is -2.32. The average Bonchev–Trinajstić information content (AvgIpc) is 3.20. The van der Waals surface area contributed by atoms with Crippen molar-refractivity contribution in [2.24, 2.45) is 5.92 Å². The number of hydrogen-bond donors (Lipinski definition) is 1. The maximum absolute atomic E-state index is 13.7. The third-order valence-corrected chi connectivity index (χ3v) is 7.70. The van der Waals surface area contributed by atoms with Crippen molar-refractivity contribution < 1.29 is 9.18 Å². The van der Waals surface area contributed by atoms with Crippen LogP contribution < -0.4 is 15.8 Å². The minimum absolute atomic E-state index is 0.0500. The summed E-state index contributed by atoms with van der Waals surface area (Å²) in [6.45, 7) is 8.12. The first-order valence-electron chi connectivity index (χ1n) is 10.7. The highest BCUT2D eigenvalue weighted by Crippen LogP contribution is 2.30. The Labute approximate surface area is 194 Å². The van der Waals surface area contributed by atoms with Crippen LogP contribution in [0, 0.1) is 18.7 Å². The summed E-state index contributed by atoms with van der Waals surface area (Å²) in [5, 5.41) is 3.98. The van der Waals surface area contributed by atoms with Crippen molar-refractivity contribution in [3.05, 3.63) is 39.9 Å². The van der Waals surface area contributed by atoms with Gasteiger partial charge in [0.1, 0.15) is 10.5 Å². The van der Waals surface area contributed by atoms with E-state index in [9.17, 15) is 14.0 Å². The number of nitrogens with one attached hydrogen (secondary N) is 1. The zero-order chi connectivity index (χ0) is 22.8. The third kappa shape index (κ3) is 4.80. The molecule has 170 valence electrons. The normalized spacial score (nSPS) is 14.8. The lowest BCUT2D eigenvalue weighted by Gasteiger charge is -2.29. The monoisotopic (exact) mass is 475 g/mol. The molecular weight excluding hydrogens is 449 g/mol. The number of benzene rings is 1. The van der Waals surface area contributed by atoms with Crippen LogP contribution in [0.4, 0.5) is 15.2 Å². The van der Waals surface area contributed by atoms with E-state index in [-0.39, 0.29) is 23.0 Å². The Bertz CT molecular complexity index is 1200. The fraction of sp³-hybridized carbons (Fsp3) is 0.455. The topological polar surface area (TPSA) is 80.1 Å². The number of anilines is 2. The number of piperidine rings is 1. The van der Waals surface area contributed by atoms with E-state index in [1.165, 1.54) is 29.2 Å². The van der Waals surface area contributed by atoms with Crippen LogP contribution in [0.25, 0.3) is 10.3 Å². The summed E-state index contributed by atoms with van der Waals surface area (Å²) in [4.78, 5) is 36.9. The van der Waals surface area contributed by atoms with Crippen molar-refractivity contribution in [3.8, 4) is 0 Å². The fourth-order valence-corrected chi connectivity index (χ4v) is 5.46. The highest BCUT2D eigenvalue weighted by Gasteiger charge is 2.22. The lowest BCUT2D eigenvalue weighted by molar-refractivity contribution is -0.113. The first-order chi connectivity index (χ1) is 15.4. The van der Waals surface area contributed by atoms with Gasteiger partial charge in [-0.3, -0.25) is 14.2 Å². The molecule has 1 N–H and O–H groups in total. The largest absolute Gasteiger partial charge is 0.348 e. The van der Waals surface area contributed by atoms with E-state index >= 15 is 0 Å². The van der Waals surface area contributed by atoms with Crippen LogP contribution in [0.5, 0.6) is 0 Å². The number of halogens is 1. The third-order valence-electron chi connectivity index (χ3n) is 5.63. The molecule has 3 aromatic rings. The van der Waals surface area contributed by atoms with Crippen LogP contribution >= 0.6 is 23.1 Å². The molecule has 0 radical (unpaired) electrons. The van der Waals surface area contributed by atoms with E-state index in [0.29, 0.717) is 39.2 Å². The summed E-state index contributed by atoms with van der Waals surface area (Å²) in [6.07, 6.45) is 2.23. The highest BCUT2D eigenvalue weighted by atomic mass is 32.2. The standard InChI is InChI=1S/C22H26FN5O2S2/c1-4-28-20(30)18-19(25-21(32-18)27-9-7-13(2)8-10-27)26-22(28)31-12-17(29)24-15-6-5-14(3)16(23)11-15/h5-6,11,13H,4,7-10,12H2,1-3H3,(H,24,29). The van der Waals surface area contributed by atoms with Crippen molar-refractivity contribution in [2.75, 3.05) is 29.1 Å². The van der Waals surface area contributed by atoms with Gasteiger partial charge in [-0.2, -0.15) is 4.98 Å². The van der Waals surface area contributed by atoms with Crippen molar-refractivity contribution in [3.63, 3.8) is 0 Å². The van der Waals surface area contributed by atoms with Crippen LogP contribution in [0.15, 0.2) is 28.2 Å². The molecule has 0 spiro atoms. The second-order valence-corrected chi connectivity index (χ2v) is 9.98. The van der Waals surface area contributed by atoms with Gasteiger partial charge in [0.25, 0.3) is 5.56 Å². The molecule has 1 amide bonds. The van der Waals surface area contributed by atoms with Gasteiger partial charge in [-0.05, 0) is 50.3 Å². The van der Waals surface area contributed by atoms with Gasteiger partial charge in [0.2, 0.25) is 5.91 Å². The Hall–Kier alpha value is -2.46. The number of rotatable bonds is 6. The van der Waals surface area contributed by atoms with Gasteiger partial charge in [-0.15, -0.1) is 0 Å². The number of aryl methyl sites for hydroxylation is 1. The van der Waals surface area contributed by atoms with Crippen LogP contribution in [0.3, 0.4) is 0 Å². The number of thioether (sulfide) groups is 1. The molecule has 1 aliphatic rings. The van der Waals surface area contributed by atoms with Crippen molar-refractivity contribution in [1.29, 1.82) is 0 Å². The number of fused-ring (bicyclic) bond motifs is 1. The van der Waals surface area contributed by atoms with Crippen molar-refractivity contribution in [2.45, 2.75) is 45.3 Å². The van der Waals surface area contributed by atoms with Gasteiger partial charge in [0, 0.05) is 25.3 Å². The molecule has 4 rings (SSSR count). The Kier molecular flexibility index (Phi) is 6.80. The van der Waals surface area contributed by atoms with Gasteiger partial charge >= 0.3 is 0 Å².